The van der Waals surface area contributed by atoms with Gasteiger partial charge in [0.15, 0.2) is 0 Å². The zero-order valence-electron chi connectivity index (χ0n) is 16.7. The Hall–Kier alpha value is -2.86. The number of halogens is 1. The van der Waals surface area contributed by atoms with Gasteiger partial charge in [0.25, 0.3) is 5.91 Å². The largest absolute Gasteiger partial charge is 0.369 e. The van der Waals surface area contributed by atoms with Gasteiger partial charge in [0.05, 0.1) is 5.57 Å². The maximum Gasteiger partial charge on any atom is 0.257 e. The third-order valence-corrected chi connectivity index (χ3v) is 5.58. The molecule has 2 aromatic carbocycles. The first-order chi connectivity index (χ1) is 14.1. The van der Waals surface area contributed by atoms with Crippen LogP contribution in [-0.4, -0.2) is 43.5 Å². The van der Waals surface area contributed by atoms with Gasteiger partial charge in [-0.25, -0.2) is 4.39 Å². The topological polar surface area (TPSA) is 47.6 Å². The number of benzene rings is 2. The third kappa shape index (κ3) is 4.43. The summed E-state index contributed by atoms with van der Waals surface area (Å²) < 4.78 is 13.5. The number of carbonyl (C=O) groups excluding carboxylic acids is 1. The lowest BCUT2D eigenvalue weighted by Crippen LogP contribution is -2.46. The number of hydrogen-bond acceptors (Lipinski definition) is 4. The van der Waals surface area contributed by atoms with Crippen molar-refractivity contribution in [1.29, 1.82) is 0 Å². The number of rotatable bonds is 6. The van der Waals surface area contributed by atoms with Crippen molar-refractivity contribution in [2.75, 3.05) is 48.3 Å². The summed E-state index contributed by atoms with van der Waals surface area (Å²) in [6, 6.07) is 12.5. The minimum atomic E-state index is -0.356. The van der Waals surface area contributed by atoms with Crippen LogP contribution in [0.25, 0.3) is 5.57 Å². The van der Waals surface area contributed by atoms with Crippen LogP contribution in [-0.2, 0) is 4.79 Å². The standard InChI is InChI=1S/C23H27FN4O/c1-2-3-10-27-11-13-28(14-12-27)19-7-5-18(6-8-19)25-16-21-20-15-17(24)4-9-22(20)26-23(21)29/h4-9,15-16,25H,2-3,10-14H2,1H3,(H,26,29). The molecule has 0 bridgehead atoms. The second kappa shape index (κ2) is 8.66. The van der Waals surface area contributed by atoms with E-state index in [0.717, 1.165) is 31.9 Å². The molecular formula is C23H27FN4O. The van der Waals surface area contributed by atoms with Gasteiger partial charge in [-0.15, -0.1) is 0 Å². The highest BCUT2D eigenvalue weighted by Gasteiger charge is 2.24. The molecule has 0 radical (unpaired) electrons. The molecule has 2 heterocycles. The molecule has 0 unspecified atom stereocenters. The summed E-state index contributed by atoms with van der Waals surface area (Å²) in [5, 5.41) is 5.92. The molecule has 6 heteroatoms. The number of amides is 1. The molecule has 2 N–H and O–H groups in total. The summed E-state index contributed by atoms with van der Waals surface area (Å²) in [6.07, 6.45) is 4.15. The fraction of sp³-hybridized carbons (Fsp3) is 0.348. The van der Waals surface area contributed by atoms with Crippen molar-refractivity contribution in [2.24, 2.45) is 0 Å². The average molecular weight is 394 g/mol. The summed E-state index contributed by atoms with van der Waals surface area (Å²) in [5.74, 6) is -0.582. The maximum absolute atomic E-state index is 13.5. The van der Waals surface area contributed by atoms with Crippen LogP contribution in [0, 0.1) is 5.82 Å². The van der Waals surface area contributed by atoms with Crippen LogP contribution in [0.1, 0.15) is 25.3 Å². The van der Waals surface area contributed by atoms with Crippen LogP contribution < -0.4 is 15.5 Å². The molecule has 29 heavy (non-hydrogen) atoms. The number of hydrogen-bond donors (Lipinski definition) is 2. The van der Waals surface area contributed by atoms with E-state index in [1.807, 2.05) is 12.1 Å². The zero-order valence-corrected chi connectivity index (χ0v) is 16.7. The van der Waals surface area contributed by atoms with Crippen molar-refractivity contribution in [1.82, 2.24) is 4.90 Å². The van der Waals surface area contributed by atoms with E-state index in [0.29, 0.717) is 16.8 Å². The number of anilines is 3. The van der Waals surface area contributed by atoms with E-state index < -0.39 is 0 Å². The van der Waals surface area contributed by atoms with Gasteiger partial charge in [-0.05, 0) is 55.4 Å². The smallest absolute Gasteiger partial charge is 0.257 e. The highest BCUT2D eigenvalue weighted by Crippen LogP contribution is 2.32. The normalized spacial score (nSPS) is 18.1. The maximum atomic E-state index is 13.5. The summed E-state index contributed by atoms with van der Waals surface area (Å²) in [5.41, 5.74) is 3.76. The summed E-state index contributed by atoms with van der Waals surface area (Å²) in [7, 11) is 0. The molecule has 0 aliphatic carbocycles. The molecule has 1 fully saturated rings. The van der Waals surface area contributed by atoms with Crippen molar-refractivity contribution in [2.45, 2.75) is 19.8 Å². The first kappa shape index (κ1) is 19.5. The molecule has 2 aliphatic rings. The van der Waals surface area contributed by atoms with E-state index in [9.17, 15) is 9.18 Å². The van der Waals surface area contributed by atoms with Crippen molar-refractivity contribution in [3.8, 4) is 0 Å². The van der Waals surface area contributed by atoms with E-state index in [1.54, 1.807) is 12.3 Å². The molecule has 1 amide bonds. The SMILES string of the molecule is CCCCN1CCN(c2ccc(NC=C3C(=O)Nc4ccc(F)cc43)cc2)CC1. The predicted molar refractivity (Wildman–Crippen MR) is 117 cm³/mol. The minimum absolute atomic E-state index is 0.226. The highest BCUT2D eigenvalue weighted by atomic mass is 19.1. The summed E-state index contributed by atoms with van der Waals surface area (Å²) >= 11 is 0. The second-order valence-electron chi connectivity index (χ2n) is 7.58. The molecule has 0 spiro atoms. The molecule has 2 aliphatic heterocycles. The monoisotopic (exact) mass is 394 g/mol. The van der Waals surface area contributed by atoms with Crippen molar-refractivity contribution >= 4 is 28.5 Å². The molecule has 5 nitrogen and oxygen atoms in total. The van der Waals surface area contributed by atoms with E-state index >= 15 is 0 Å². The number of piperazine rings is 1. The Bertz CT molecular complexity index is 902. The van der Waals surface area contributed by atoms with Gasteiger partial charge in [0.2, 0.25) is 0 Å². The quantitative estimate of drug-likeness (QED) is 0.723. The van der Waals surface area contributed by atoms with Gasteiger partial charge in [0, 0.05) is 55.0 Å². The Balaban J connectivity index is 1.38. The van der Waals surface area contributed by atoms with Gasteiger partial charge in [-0.1, -0.05) is 13.3 Å². The fourth-order valence-corrected chi connectivity index (χ4v) is 3.84. The minimum Gasteiger partial charge on any atom is -0.369 e. The number of fused-ring (bicyclic) bond motifs is 1. The highest BCUT2D eigenvalue weighted by molar-refractivity contribution is 6.31. The molecule has 0 aromatic heterocycles. The summed E-state index contributed by atoms with van der Waals surface area (Å²) in [6.45, 7) is 7.74. The van der Waals surface area contributed by atoms with Crippen LogP contribution in [0.15, 0.2) is 48.7 Å². The third-order valence-electron chi connectivity index (χ3n) is 5.58. The molecule has 4 rings (SSSR count). The van der Waals surface area contributed by atoms with Crippen molar-refractivity contribution in [3.05, 3.63) is 60.0 Å². The molecule has 0 atom stereocenters. The lowest BCUT2D eigenvalue weighted by atomic mass is 10.1. The number of nitrogens with zero attached hydrogens (tertiary/aromatic N) is 2. The van der Waals surface area contributed by atoms with Crippen LogP contribution >= 0.6 is 0 Å². The van der Waals surface area contributed by atoms with Gasteiger partial charge in [-0.2, -0.15) is 0 Å². The molecule has 0 saturated carbocycles. The predicted octanol–water partition coefficient (Wildman–Crippen LogP) is 4.15. The molecule has 1 saturated heterocycles. The molecule has 152 valence electrons. The number of carbonyl (C=O) groups is 1. The first-order valence-corrected chi connectivity index (χ1v) is 10.3. The summed E-state index contributed by atoms with van der Waals surface area (Å²) in [4.78, 5) is 17.1. The average Bonchev–Trinajstić information content (AvgIpc) is 3.06. The van der Waals surface area contributed by atoms with E-state index in [1.165, 1.54) is 37.2 Å². The lowest BCUT2D eigenvalue weighted by Gasteiger charge is -2.36. The first-order valence-electron chi connectivity index (χ1n) is 10.3. The van der Waals surface area contributed by atoms with E-state index in [-0.39, 0.29) is 11.7 Å². The molecule has 2 aromatic rings. The van der Waals surface area contributed by atoms with Crippen molar-refractivity contribution in [3.63, 3.8) is 0 Å². The van der Waals surface area contributed by atoms with Crippen LogP contribution in [0.3, 0.4) is 0 Å². The Labute approximate surface area is 171 Å². The van der Waals surface area contributed by atoms with Crippen LogP contribution in [0.4, 0.5) is 21.5 Å². The van der Waals surface area contributed by atoms with Gasteiger partial charge in [-0.3, -0.25) is 9.69 Å². The Morgan fingerprint density at radius 1 is 1.10 bits per heavy atom. The zero-order chi connectivity index (χ0) is 20.2. The second-order valence-corrected chi connectivity index (χ2v) is 7.58. The number of nitrogens with one attached hydrogen (secondary N) is 2. The van der Waals surface area contributed by atoms with Crippen LogP contribution in [0.2, 0.25) is 0 Å². The van der Waals surface area contributed by atoms with Crippen molar-refractivity contribution < 1.29 is 9.18 Å². The Morgan fingerprint density at radius 2 is 1.86 bits per heavy atom. The fourth-order valence-electron chi connectivity index (χ4n) is 3.84. The Kier molecular flexibility index (Phi) is 5.81. The lowest BCUT2D eigenvalue weighted by molar-refractivity contribution is -0.110. The van der Waals surface area contributed by atoms with Gasteiger partial charge >= 0.3 is 0 Å². The van der Waals surface area contributed by atoms with Gasteiger partial charge in [0.1, 0.15) is 5.82 Å². The van der Waals surface area contributed by atoms with Crippen LogP contribution in [0.5, 0.6) is 0 Å². The van der Waals surface area contributed by atoms with Gasteiger partial charge < -0.3 is 15.5 Å². The Morgan fingerprint density at radius 3 is 2.59 bits per heavy atom. The van der Waals surface area contributed by atoms with E-state index in [4.69, 9.17) is 0 Å². The molecular weight excluding hydrogens is 367 g/mol. The van der Waals surface area contributed by atoms with E-state index in [2.05, 4.69) is 39.5 Å². The number of unbranched alkanes of at least 4 members (excludes halogenated alkanes) is 1.